The molecule has 1 fully saturated rings. The van der Waals surface area contributed by atoms with Crippen LogP contribution in [0.15, 0.2) is 42.5 Å². The number of rotatable bonds is 8. The maximum Gasteiger partial charge on any atom is 0.223 e. The lowest BCUT2D eigenvalue weighted by atomic mass is 10.1. The molecule has 0 saturated carbocycles. The van der Waals surface area contributed by atoms with Crippen molar-refractivity contribution in [1.29, 1.82) is 0 Å². The van der Waals surface area contributed by atoms with Crippen LogP contribution in [-0.4, -0.2) is 57.8 Å². The van der Waals surface area contributed by atoms with Crippen LogP contribution in [0.5, 0.6) is 17.2 Å². The molecule has 0 aromatic heterocycles. The van der Waals surface area contributed by atoms with Crippen LogP contribution in [-0.2, 0) is 11.2 Å². The van der Waals surface area contributed by atoms with Crippen LogP contribution >= 0.6 is 0 Å². The summed E-state index contributed by atoms with van der Waals surface area (Å²) in [5.74, 6) is 2.64. The molecule has 2 aromatic rings. The lowest BCUT2D eigenvalue weighted by Gasteiger charge is -2.36. The lowest BCUT2D eigenvalue weighted by molar-refractivity contribution is -0.131. The second-order valence-corrected chi connectivity index (χ2v) is 6.95. The molecule has 6 nitrogen and oxygen atoms in total. The Balaban J connectivity index is 1.56. The molecule has 156 valence electrons. The molecule has 6 heteroatoms. The van der Waals surface area contributed by atoms with Gasteiger partial charge in [-0.1, -0.05) is 12.1 Å². The molecule has 29 heavy (non-hydrogen) atoms. The van der Waals surface area contributed by atoms with Crippen LogP contribution in [0, 0.1) is 0 Å². The van der Waals surface area contributed by atoms with Crippen molar-refractivity contribution in [3.8, 4) is 17.2 Å². The highest BCUT2D eigenvalue weighted by Crippen LogP contribution is 2.29. The number of ether oxygens (including phenoxy) is 3. The minimum atomic E-state index is 0.174. The van der Waals surface area contributed by atoms with Crippen LogP contribution in [0.4, 0.5) is 5.69 Å². The average Bonchev–Trinajstić information content (AvgIpc) is 2.78. The van der Waals surface area contributed by atoms with Gasteiger partial charge in [0, 0.05) is 32.6 Å². The Morgan fingerprint density at radius 3 is 2.41 bits per heavy atom. The summed E-state index contributed by atoms with van der Waals surface area (Å²) in [5.41, 5.74) is 2.09. The zero-order valence-corrected chi connectivity index (χ0v) is 17.5. The van der Waals surface area contributed by atoms with Gasteiger partial charge in [0.25, 0.3) is 0 Å². The highest BCUT2D eigenvalue weighted by molar-refractivity contribution is 5.77. The predicted molar refractivity (Wildman–Crippen MR) is 114 cm³/mol. The summed E-state index contributed by atoms with van der Waals surface area (Å²) in [6.45, 7) is 5.67. The first-order valence-electron chi connectivity index (χ1n) is 10.1. The number of para-hydroxylation sites is 2. The van der Waals surface area contributed by atoms with Crippen molar-refractivity contribution in [1.82, 2.24) is 4.90 Å². The van der Waals surface area contributed by atoms with Gasteiger partial charge in [0.1, 0.15) is 17.2 Å². The molecular weight excluding hydrogens is 368 g/mol. The van der Waals surface area contributed by atoms with Crippen LogP contribution in [0.3, 0.4) is 0 Å². The molecule has 0 N–H and O–H groups in total. The molecule has 0 spiro atoms. The van der Waals surface area contributed by atoms with E-state index in [4.69, 9.17) is 14.2 Å². The van der Waals surface area contributed by atoms with E-state index in [0.717, 1.165) is 41.6 Å². The second-order valence-electron chi connectivity index (χ2n) is 6.95. The summed E-state index contributed by atoms with van der Waals surface area (Å²) in [6, 6.07) is 13.8. The van der Waals surface area contributed by atoms with E-state index in [2.05, 4.69) is 11.0 Å². The van der Waals surface area contributed by atoms with Crippen LogP contribution < -0.4 is 19.1 Å². The van der Waals surface area contributed by atoms with Crippen LogP contribution in [0.2, 0.25) is 0 Å². The van der Waals surface area contributed by atoms with Crippen molar-refractivity contribution in [3.63, 3.8) is 0 Å². The standard InChI is InChI=1S/C23H30N2O4/c1-4-29-22-8-6-5-7-20(22)24-13-15-25(16-14-24)23(26)12-9-18-17-19(27-2)10-11-21(18)28-3/h5-8,10-11,17H,4,9,12-16H2,1-3H3. The fraction of sp³-hybridized carbons (Fsp3) is 0.435. The number of carbonyl (C=O) groups is 1. The molecule has 0 radical (unpaired) electrons. The highest BCUT2D eigenvalue weighted by atomic mass is 16.5. The van der Waals surface area contributed by atoms with Gasteiger partial charge in [0.2, 0.25) is 5.91 Å². The highest BCUT2D eigenvalue weighted by Gasteiger charge is 2.23. The maximum atomic E-state index is 12.7. The fourth-order valence-electron chi connectivity index (χ4n) is 3.67. The van der Waals surface area contributed by atoms with Crippen LogP contribution in [0.25, 0.3) is 0 Å². The molecule has 3 rings (SSSR count). The number of methoxy groups -OCH3 is 2. The van der Waals surface area contributed by atoms with E-state index in [1.807, 2.05) is 48.2 Å². The van der Waals surface area contributed by atoms with Crippen molar-refractivity contribution in [3.05, 3.63) is 48.0 Å². The van der Waals surface area contributed by atoms with E-state index in [1.54, 1.807) is 14.2 Å². The topological polar surface area (TPSA) is 51.2 Å². The van der Waals surface area contributed by atoms with E-state index in [-0.39, 0.29) is 5.91 Å². The minimum Gasteiger partial charge on any atom is -0.497 e. The number of anilines is 1. The molecule has 1 aliphatic heterocycles. The third kappa shape index (κ3) is 5.13. The minimum absolute atomic E-state index is 0.174. The number of nitrogens with zero attached hydrogens (tertiary/aromatic N) is 2. The number of carbonyl (C=O) groups excluding carboxylic acids is 1. The number of hydrogen-bond donors (Lipinski definition) is 0. The van der Waals surface area contributed by atoms with Crippen molar-refractivity contribution in [2.75, 3.05) is 51.9 Å². The van der Waals surface area contributed by atoms with Gasteiger partial charge in [0.15, 0.2) is 0 Å². The maximum absolute atomic E-state index is 12.7. The number of aryl methyl sites for hydroxylation is 1. The first-order valence-corrected chi connectivity index (χ1v) is 10.1. The Hall–Kier alpha value is -2.89. The normalized spacial score (nSPS) is 13.9. The molecule has 2 aromatic carbocycles. The van der Waals surface area contributed by atoms with Gasteiger partial charge in [-0.25, -0.2) is 0 Å². The Morgan fingerprint density at radius 2 is 1.72 bits per heavy atom. The Kier molecular flexibility index (Phi) is 7.22. The van der Waals surface area contributed by atoms with Crippen molar-refractivity contribution in [2.45, 2.75) is 19.8 Å². The summed E-state index contributed by atoms with van der Waals surface area (Å²) in [5, 5.41) is 0. The Labute approximate surface area is 173 Å². The van der Waals surface area contributed by atoms with Gasteiger partial charge in [-0.3, -0.25) is 4.79 Å². The van der Waals surface area contributed by atoms with Gasteiger partial charge < -0.3 is 24.0 Å². The monoisotopic (exact) mass is 398 g/mol. The van der Waals surface area contributed by atoms with E-state index < -0.39 is 0 Å². The van der Waals surface area contributed by atoms with Crippen molar-refractivity contribution in [2.24, 2.45) is 0 Å². The zero-order valence-electron chi connectivity index (χ0n) is 17.5. The zero-order chi connectivity index (χ0) is 20.6. The second kappa shape index (κ2) is 10.0. The third-order valence-corrected chi connectivity index (χ3v) is 5.23. The van der Waals surface area contributed by atoms with Gasteiger partial charge in [0.05, 0.1) is 26.5 Å². The summed E-state index contributed by atoms with van der Waals surface area (Å²) >= 11 is 0. The largest absolute Gasteiger partial charge is 0.497 e. The van der Waals surface area contributed by atoms with Crippen molar-refractivity contribution < 1.29 is 19.0 Å². The van der Waals surface area contributed by atoms with Gasteiger partial charge in [-0.2, -0.15) is 0 Å². The summed E-state index contributed by atoms with van der Waals surface area (Å²) < 4.78 is 16.5. The molecule has 0 bridgehead atoms. The number of hydrogen-bond acceptors (Lipinski definition) is 5. The molecule has 1 heterocycles. The van der Waals surface area contributed by atoms with Crippen molar-refractivity contribution >= 4 is 11.6 Å². The molecular formula is C23H30N2O4. The SMILES string of the molecule is CCOc1ccccc1N1CCN(C(=O)CCc2cc(OC)ccc2OC)CC1. The van der Waals surface area contributed by atoms with Crippen LogP contribution in [0.1, 0.15) is 18.9 Å². The summed E-state index contributed by atoms with van der Waals surface area (Å²) in [7, 11) is 3.28. The summed E-state index contributed by atoms with van der Waals surface area (Å²) in [4.78, 5) is 17.0. The van der Waals surface area contributed by atoms with Gasteiger partial charge in [-0.05, 0) is 49.2 Å². The third-order valence-electron chi connectivity index (χ3n) is 5.23. The first-order chi connectivity index (χ1) is 14.2. The first kappa shape index (κ1) is 20.8. The smallest absolute Gasteiger partial charge is 0.223 e. The molecule has 1 amide bonds. The molecule has 0 unspecified atom stereocenters. The molecule has 1 aliphatic rings. The Bertz CT molecular complexity index is 816. The number of amides is 1. The quantitative estimate of drug-likeness (QED) is 0.682. The molecule has 0 atom stereocenters. The van der Waals surface area contributed by atoms with E-state index in [9.17, 15) is 4.79 Å². The van der Waals surface area contributed by atoms with E-state index in [0.29, 0.717) is 32.5 Å². The summed E-state index contributed by atoms with van der Waals surface area (Å²) in [6.07, 6.45) is 1.09. The predicted octanol–water partition coefficient (Wildman–Crippen LogP) is 3.38. The number of piperazine rings is 1. The van der Waals surface area contributed by atoms with E-state index in [1.165, 1.54) is 0 Å². The fourth-order valence-corrected chi connectivity index (χ4v) is 3.67. The van der Waals surface area contributed by atoms with Gasteiger partial charge in [-0.15, -0.1) is 0 Å². The number of benzene rings is 2. The Morgan fingerprint density at radius 1 is 0.966 bits per heavy atom. The molecule has 0 aliphatic carbocycles. The van der Waals surface area contributed by atoms with E-state index >= 15 is 0 Å². The lowest BCUT2D eigenvalue weighted by Crippen LogP contribution is -2.49. The molecule has 1 saturated heterocycles. The average molecular weight is 399 g/mol. The van der Waals surface area contributed by atoms with Gasteiger partial charge >= 0.3 is 0 Å².